The number of nitrogens with zero attached hydrogens (tertiary/aromatic N) is 2. The molecule has 0 spiro atoms. The zero-order valence-electron chi connectivity index (χ0n) is 18.1. The molecule has 8 heteroatoms. The predicted octanol–water partition coefficient (Wildman–Crippen LogP) is 4.65. The molecule has 0 unspecified atom stereocenters. The highest BCUT2D eigenvalue weighted by Crippen LogP contribution is 2.35. The van der Waals surface area contributed by atoms with E-state index >= 15 is 0 Å². The molecule has 5 nitrogen and oxygen atoms in total. The lowest BCUT2D eigenvalue weighted by atomic mass is 9.93. The zero-order chi connectivity index (χ0) is 23.7. The molecule has 3 heterocycles. The van der Waals surface area contributed by atoms with Gasteiger partial charge in [0.25, 0.3) is 5.56 Å². The van der Waals surface area contributed by atoms with E-state index in [1.165, 1.54) is 11.3 Å². The summed E-state index contributed by atoms with van der Waals surface area (Å²) in [6.45, 7) is 1.97. The van der Waals surface area contributed by atoms with E-state index in [1.807, 2.05) is 66.1 Å². The van der Waals surface area contributed by atoms with Crippen molar-refractivity contribution in [2.75, 3.05) is 6.61 Å². The molecule has 34 heavy (non-hydrogen) atoms. The van der Waals surface area contributed by atoms with Crippen LogP contribution in [0.4, 0.5) is 0 Å². The number of thiazole rings is 1. The molecular formula is C26H19ClN2O3S2. The van der Waals surface area contributed by atoms with Crippen LogP contribution in [0.25, 0.3) is 11.8 Å². The summed E-state index contributed by atoms with van der Waals surface area (Å²) in [7, 11) is 0. The molecule has 0 radical (unpaired) electrons. The average molecular weight is 507 g/mol. The van der Waals surface area contributed by atoms with Gasteiger partial charge in [0.2, 0.25) is 0 Å². The second-order valence-corrected chi connectivity index (χ2v) is 9.92. The van der Waals surface area contributed by atoms with E-state index in [1.54, 1.807) is 35.0 Å². The topological polar surface area (TPSA) is 60.7 Å². The van der Waals surface area contributed by atoms with Gasteiger partial charge in [-0.3, -0.25) is 9.36 Å². The number of esters is 1. The lowest BCUT2D eigenvalue weighted by Crippen LogP contribution is -2.39. The van der Waals surface area contributed by atoms with Crippen molar-refractivity contribution in [2.45, 2.75) is 13.0 Å². The molecule has 0 N–H and O–H groups in total. The Morgan fingerprint density at radius 1 is 1.12 bits per heavy atom. The van der Waals surface area contributed by atoms with E-state index in [0.29, 0.717) is 25.6 Å². The van der Waals surface area contributed by atoms with E-state index in [-0.39, 0.29) is 12.2 Å². The average Bonchev–Trinajstić information content (AvgIpc) is 3.47. The Morgan fingerprint density at radius 3 is 2.56 bits per heavy atom. The summed E-state index contributed by atoms with van der Waals surface area (Å²) in [6.07, 6.45) is 1.86. The maximum Gasteiger partial charge on any atom is 0.338 e. The standard InChI is InChI=1S/C26H19ClN2O3S2/c1-2-32-25(31)21-22(16-7-4-3-5-8-16)28-26-29(23(21)17-10-12-18(27)13-11-17)24(30)20(34-26)15-19-9-6-14-33-19/h3-15,23H,2H2,1H3/b20-15+/t23-/m1/s1. The van der Waals surface area contributed by atoms with Crippen LogP contribution < -0.4 is 14.9 Å². The molecule has 0 saturated heterocycles. The summed E-state index contributed by atoms with van der Waals surface area (Å²) in [5.74, 6) is -0.502. The van der Waals surface area contributed by atoms with Crippen LogP contribution in [0.15, 0.2) is 87.5 Å². The first kappa shape index (κ1) is 22.5. The van der Waals surface area contributed by atoms with Crippen molar-refractivity contribution in [3.63, 3.8) is 0 Å². The third-order valence-electron chi connectivity index (χ3n) is 5.38. The maximum atomic E-state index is 13.6. The van der Waals surface area contributed by atoms with Crippen molar-refractivity contribution in [1.82, 2.24) is 4.57 Å². The van der Waals surface area contributed by atoms with Gasteiger partial charge in [-0.25, -0.2) is 9.79 Å². The number of rotatable bonds is 5. The normalized spacial score (nSPS) is 15.7. The van der Waals surface area contributed by atoms with Gasteiger partial charge in [-0.05, 0) is 42.1 Å². The van der Waals surface area contributed by atoms with Crippen LogP contribution in [-0.4, -0.2) is 17.1 Å². The Bertz CT molecular complexity index is 1550. The first-order valence-electron chi connectivity index (χ1n) is 10.6. The number of ether oxygens (including phenoxy) is 1. The van der Waals surface area contributed by atoms with Crippen LogP contribution in [0, 0.1) is 0 Å². The second-order valence-electron chi connectivity index (χ2n) is 7.50. The molecular weight excluding hydrogens is 488 g/mol. The number of hydrogen-bond donors (Lipinski definition) is 0. The molecule has 0 aliphatic carbocycles. The van der Waals surface area contributed by atoms with Gasteiger partial charge in [0.05, 0.1) is 28.5 Å². The minimum Gasteiger partial charge on any atom is -0.463 e. The van der Waals surface area contributed by atoms with Gasteiger partial charge in [0.1, 0.15) is 0 Å². The summed E-state index contributed by atoms with van der Waals surface area (Å²) < 4.78 is 7.60. The minimum atomic E-state index is -0.701. The Kier molecular flexibility index (Phi) is 6.32. The molecule has 2 aromatic carbocycles. The van der Waals surface area contributed by atoms with Crippen molar-refractivity contribution >= 4 is 52.0 Å². The molecule has 0 bridgehead atoms. The predicted molar refractivity (Wildman–Crippen MR) is 137 cm³/mol. The van der Waals surface area contributed by atoms with Crippen LogP contribution in [0.2, 0.25) is 5.02 Å². The lowest BCUT2D eigenvalue weighted by molar-refractivity contribution is -0.138. The van der Waals surface area contributed by atoms with Gasteiger partial charge in [-0.2, -0.15) is 0 Å². The van der Waals surface area contributed by atoms with E-state index in [0.717, 1.165) is 16.0 Å². The number of thiophene rings is 1. The summed E-state index contributed by atoms with van der Waals surface area (Å²) in [5.41, 5.74) is 2.15. The highest BCUT2D eigenvalue weighted by atomic mass is 35.5. The number of carbonyl (C=O) groups is 1. The third-order valence-corrected chi connectivity index (χ3v) is 7.43. The molecule has 4 aromatic rings. The SMILES string of the molecule is CCOC(=O)C1=C(c2ccccc2)N=c2s/c(=C/c3cccs3)c(=O)n2[C@@H]1c1ccc(Cl)cc1. The number of aromatic nitrogens is 1. The number of benzene rings is 2. The Balaban J connectivity index is 1.84. The molecule has 1 atom stereocenters. The van der Waals surface area contributed by atoms with Crippen LogP contribution >= 0.6 is 34.3 Å². The summed E-state index contributed by atoms with van der Waals surface area (Å²) >= 11 is 9.01. The molecule has 2 aromatic heterocycles. The van der Waals surface area contributed by atoms with E-state index in [2.05, 4.69) is 0 Å². The minimum absolute atomic E-state index is 0.203. The van der Waals surface area contributed by atoms with Crippen molar-refractivity contribution in [3.8, 4) is 0 Å². The maximum absolute atomic E-state index is 13.6. The van der Waals surface area contributed by atoms with Crippen LogP contribution in [0.5, 0.6) is 0 Å². The third kappa shape index (κ3) is 4.18. The Labute approximate surface area is 208 Å². The van der Waals surface area contributed by atoms with Crippen LogP contribution in [-0.2, 0) is 9.53 Å². The number of fused-ring (bicyclic) bond motifs is 1. The Morgan fingerprint density at radius 2 is 1.88 bits per heavy atom. The zero-order valence-corrected chi connectivity index (χ0v) is 20.5. The number of hydrogen-bond acceptors (Lipinski definition) is 6. The molecule has 0 saturated carbocycles. The van der Waals surface area contributed by atoms with Crippen molar-refractivity contribution in [2.24, 2.45) is 4.99 Å². The molecule has 1 aliphatic rings. The smallest absolute Gasteiger partial charge is 0.338 e. The van der Waals surface area contributed by atoms with Gasteiger partial charge in [-0.1, -0.05) is 71.5 Å². The van der Waals surface area contributed by atoms with Gasteiger partial charge >= 0.3 is 5.97 Å². The monoisotopic (exact) mass is 506 g/mol. The van der Waals surface area contributed by atoms with E-state index in [4.69, 9.17) is 21.3 Å². The van der Waals surface area contributed by atoms with Crippen molar-refractivity contribution in [1.29, 1.82) is 0 Å². The molecule has 0 amide bonds. The van der Waals surface area contributed by atoms with Crippen LogP contribution in [0.3, 0.4) is 0 Å². The van der Waals surface area contributed by atoms with Gasteiger partial charge in [0.15, 0.2) is 4.80 Å². The summed E-state index contributed by atoms with van der Waals surface area (Å²) in [6, 6.07) is 19.9. The first-order chi connectivity index (χ1) is 16.6. The van der Waals surface area contributed by atoms with E-state index in [9.17, 15) is 9.59 Å². The first-order valence-corrected chi connectivity index (χ1v) is 12.7. The fourth-order valence-corrected chi connectivity index (χ4v) is 5.75. The fourth-order valence-electron chi connectivity index (χ4n) is 3.90. The molecule has 0 fully saturated rings. The highest BCUT2D eigenvalue weighted by molar-refractivity contribution is 7.11. The Hall–Kier alpha value is -3.26. The largest absolute Gasteiger partial charge is 0.463 e. The molecule has 1 aliphatic heterocycles. The lowest BCUT2D eigenvalue weighted by Gasteiger charge is -2.25. The molecule has 5 rings (SSSR count). The number of halogens is 1. The quantitative estimate of drug-likeness (QED) is 0.370. The fraction of sp³-hybridized carbons (Fsp3) is 0.115. The number of carbonyl (C=O) groups excluding carboxylic acids is 1. The second kappa shape index (κ2) is 9.54. The molecule has 170 valence electrons. The van der Waals surface area contributed by atoms with Gasteiger partial charge in [-0.15, -0.1) is 11.3 Å². The summed E-state index contributed by atoms with van der Waals surface area (Å²) in [4.78, 5) is 33.3. The van der Waals surface area contributed by atoms with Crippen LogP contribution in [0.1, 0.15) is 29.0 Å². The van der Waals surface area contributed by atoms with E-state index < -0.39 is 12.0 Å². The summed E-state index contributed by atoms with van der Waals surface area (Å²) in [5, 5.41) is 2.53. The van der Waals surface area contributed by atoms with Gasteiger partial charge in [0, 0.05) is 15.5 Å². The van der Waals surface area contributed by atoms with Gasteiger partial charge < -0.3 is 4.74 Å². The highest BCUT2D eigenvalue weighted by Gasteiger charge is 2.35. The van der Waals surface area contributed by atoms with Crippen molar-refractivity contribution in [3.05, 3.63) is 118 Å². The van der Waals surface area contributed by atoms with Crippen molar-refractivity contribution < 1.29 is 9.53 Å².